The standard InChI is InChI=1S/C14H22O/c1-2-3-5-10-14(12-15)11-13-8-6-4-7-9-13/h4,6,11-13H,2-3,5,7-10H2,1H3/b14-11+/t13-/m0/s1. The molecule has 0 fully saturated rings. The lowest BCUT2D eigenvalue weighted by Crippen LogP contribution is -2.01. The van der Waals surface area contributed by atoms with Gasteiger partial charge in [0.2, 0.25) is 0 Å². The molecule has 1 heteroatoms. The number of hydrogen-bond acceptors (Lipinski definition) is 1. The molecule has 0 bridgehead atoms. The van der Waals surface area contributed by atoms with Crippen molar-refractivity contribution in [2.45, 2.75) is 51.9 Å². The van der Waals surface area contributed by atoms with E-state index in [0.29, 0.717) is 5.92 Å². The van der Waals surface area contributed by atoms with Gasteiger partial charge in [0.15, 0.2) is 0 Å². The highest BCUT2D eigenvalue weighted by Gasteiger charge is 2.07. The van der Waals surface area contributed by atoms with Crippen LogP contribution in [0.25, 0.3) is 0 Å². The molecule has 0 aliphatic heterocycles. The maximum Gasteiger partial charge on any atom is 0.145 e. The van der Waals surface area contributed by atoms with E-state index < -0.39 is 0 Å². The number of aldehydes is 1. The van der Waals surface area contributed by atoms with Crippen LogP contribution in [0.15, 0.2) is 23.8 Å². The molecule has 0 spiro atoms. The van der Waals surface area contributed by atoms with Gasteiger partial charge in [-0.25, -0.2) is 0 Å². The largest absolute Gasteiger partial charge is 0.298 e. The van der Waals surface area contributed by atoms with E-state index in [9.17, 15) is 4.79 Å². The molecule has 0 saturated heterocycles. The number of carbonyl (C=O) groups excluding carboxylic acids is 1. The maximum atomic E-state index is 10.9. The Labute approximate surface area is 93.3 Å². The fourth-order valence-electron chi connectivity index (χ4n) is 2.03. The van der Waals surface area contributed by atoms with Crippen LogP contribution in [0.4, 0.5) is 0 Å². The third kappa shape index (κ3) is 4.96. The Balaban J connectivity index is 2.38. The van der Waals surface area contributed by atoms with Crippen molar-refractivity contribution in [2.24, 2.45) is 5.92 Å². The minimum Gasteiger partial charge on any atom is -0.298 e. The number of allylic oxidation sites excluding steroid dienone is 4. The zero-order valence-electron chi connectivity index (χ0n) is 9.74. The predicted molar refractivity (Wildman–Crippen MR) is 64.8 cm³/mol. The Morgan fingerprint density at radius 3 is 2.87 bits per heavy atom. The Bertz CT molecular complexity index is 238. The molecule has 1 atom stereocenters. The third-order valence-corrected chi connectivity index (χ3v) is 2.98. The Kier molecular flexibility index (Phi) is 6.06. The number of carbonyl (C=O) groups is 1. The summed E-state index contributed by atoms with van der Waals surface area (Å²) in [6, 6.07) is 0. The van der Waals surface area contributed by atoms with Crippen LogP contribution in [-0.2, 0) is 4.79 Å². The molecule has 1 rings (SSSR count). The molecule has 0 aromatic carbocycles. The van der Waals surface area contributed by atoms with Crippen molar-refractivity contribution in [1.82, 2.24) is 0 Å². The van der Waals surface area contributed by atoms with Gasteiger partial charge in [-0.1, -0.05) is 38.0 Å². The van der Waals surface area contributed by atoms with Crippen LogP contribution in [0, 0.1) is 5.92 Å². The molecule has 0 aromatic heterocycles. The molecule has 1 nitrogen and oxygen atoms in total. The topological polar surface area (TPSA) is 17.1 Å². The van der Waals surface area contributed by atoms with Gasteiger partial charge in [0, 0.05) is 0 Å². The van der Waals surface area contributed by atoms with Crippen molar-refractivity contribution in [3.8, 4) is 0 Å². The van der Waals surface area contributed by atoms with Gasteiger partial charge in [0.25, 0.3) is 0 Å². The van der Waals surface area contributed by atoms with Gasteiger partial charge in [0.05, 0.1) is 0 Å². The summed E-state index contributed by atoms with van der Waals surface area (Å²) < 4.78 is 0. The van der Waals surface area contributed by atoms with E-state index in [1.165, 1.54) is 25.7 Å². The van der Waals surface area contributed by atoms with E-state index in [1.54, 1.807) is 0 Å². The average Bonchev–Trinajstić information content (AvgIpc) is 2.29. The molecule has 0 heterocycles. The van der Waals surface area contributed by atoms with Gasteiger partial charge in [0.1, 0.15) is 6.29 Å². The van der Waals surface area contributed by atoms with Gasteiger partial charge in [-0.3, -0.25) is 4.79 Å². The van der Waals surface area contributed by atoms with E-state index in [2.05, 4.69) is 25.2 Å². The van der Waals surface area contributed by atoms with Crippen LogP contribution in [0.3, 0.4) is 0 Å². The lowest BCUT2D eigenvalue weighted by molar-refractivity contribution is -0.105. The van der Waals surface area contributed by atoms with Crippen LogP contribution >= 0.6 is 0 Å². The van der Waals surface area contributed by atoms with E-state index in [4.69, 9.17) is 0 Å². The summed E-state index contributed by atoms with van der Waals surface area (Å²) in [7, 11) is 0. The van der Waals surface area contributed by atoms with Crippen molar-refractivity contribution < 1.29 is 4.79 Å². The molecule has 0 aromatic rings. The molecule has 0 N–H and O–H groups in total. The van der Waals surface area contributed by atoms with E-state index in [0.717, 1.165) is 31.1 Å². The van der Waals surface area contributed by atoms with Crippen LogP contribution in [-0.4, -0.2) is 6.29 Å². The second-order valence-corrected chi connectivity index (χ2v) is 4.36. The second kappa shape index (κ2) is 7.44. The van der Waals surface area contributed by atoms with Gasteiger partial charge in [-0.05, 0) is 43.6 Å². The monoisotopic (exact) mass is 206 g/mol. The fourth-order valence-corrected chi connectivity index (χ4v) is 2.03. The van der Waals surface area contributed by atoms with Gasteiger partial charge in [-0.15, -0.1) is 0 Å². The van der Waals surface area contributed by atoms with E-state index in [1.807, 2.05) is 0 Å². The van der Waals surface area contributed by atoms with E-state index >= 15 is 0 Å². The fraction of sp³-hybridized carbons (Fsp3) is 0.643. The van der Waals surface area contributed by atoms with Crippen LogP contribution in [0.5, 0.6) is 0 Å². The Morgan fingerprint density at radius 1 is 1.40 bits per heavy atom. The number of unbranched alkanes of at least 4 members (excludes halogenated alkanes) is 2. The van der Waals surface area contributed by atoms with Crippen LogP contribution in [0.2, 0.25) is 0 Å². The number of rotatable bonds is 6. The first-order valence-corrected chi connectivity index (χ1v) is 6.17. The first kappa shape index (κ1) is 12.2. The zero-order valence-corrected chi connectivity index (χ0v) is 9.74. The normalized spacial score (nSPS) is 21.7. The quantitative estimate of drug-likeness (QED) is 0.277. The van der Waals surface area contributed by atoms with Gasteiger partial charge >= 0.3 is 0 Å². The first-order valence-electron chi connectivity index (χ1n) is 6.17. The van der Waals surface area contributed by atoms with Crippen LogP contribution < -0.4 is 0 Å². The van der Waals surface area contributed by atoms with Crippen molar-refractivity contribution >= 4 is 6.29 Å². The maximum absolute atomic E-state index is 10.9. The Morgan fingerprint density at radius 2 is 2.27 bits per heavy atom. The minimum absolute atomic E-state index is 0.608. The highest BCUT2D eigenvalue weighted by molar-refractivity contribution is 5.73. The molecule has 15 heavy (non-hydrogen) atoms. The molecule has 1 aliphatic rings. The molecule has 0 unspecified atom stereocenters. The summed E-state index contributed by atoms with van der Waals surface area (Å²) in [6.07, 6.45) is 15.8. The molecule has 0 radical (unpaired) electrons. The minimum atomic E-state index is 0.608. The SMILES string of the molecule is CCCCC/C(C=O)=C\[C@H]1CC=CCC1. The zero-order chi connectivity index (χ0) is 10.9. The summed E-state index contributed by atoms with van der Waals surface area (Å²) >= 11 is 0. The summed E-state index contributed by atoms with van der Waals surface area (Å²) in [6.45, 7) is 2.19. The summed E-state index contributed by atoms with van der Waals surface area (Å²) in [4.78, 5) is 10.9. The highest BCUT2D eigenvalue weighted by Crippen LogP contribution is 2.21. The van der Waals surface area contributed by atoms with Crippen molar-refractivity contribution in [1.29, 1.82) is 0 Å². The summed E-state index contributed by atoms with van der Waals surface area (Å²) in [5.41, 5.74) is 1.02. The molecule has 0 saturated carbocycles. The van der Waals surface area contributed by atoms with Crippen LogP contribution in [0.1, 0.15) is 51.9 Å². The summed E-state index contributed by atoms with van der Waals surface area (Å²) in [5, 5.41) is 0. The Hall–Kier alpha value is -0.850. The van der Waals surface area contributed by atoms with Crippen molar-refractivity contribution in [3.63, 3.8) is 0 Å². The lowest BCUT2D eigenvalue weighted by atomic mass is 9.91. The van der Waals surface area contributed by atoms with E-state index in [-0.39, 0.29) is 0 Å². The molecule has 0 amide bonds. The van der Waals surface area contributed by atoms with Crippen molar-refractivity contribution in [2.75, 3.05) is 0 Å². The van der Waals surface area contributed by atoms with Gasteiger partial charge in [-0.2, -0.15) is 0 Å². The molecule has 1 aliphatic carbocycles. The molecule has 84 valence electrons. The van der Waals surface area contributed by atoms with Gasteiger partial charge < -0.3 is 0 Å². The average molecular weight is 206 g/mol. The van der Waals surface area contributed by atoms with Crippen molar-refractivity contribution in [3.05, 3.63) is 23.8 Å². The second-order valence-electron chi connectivity index (χ2n) is 4.36. The smallest absolute Gasteiger partial charge is 0.145 e. The molecular formula is C14H22O. The first-order chi connectivity index (χ1) is 7.36. The lowest BCUT2D eigenvalue weighted by Gasteiger charge is -2.14. The summed E-state index contributed by atoms with van der Waals surface area (Å²) in [5.74, 6) is 0.608. The predicted octanol–water partition coefficient (Wildman–Crippen LogP) is 4.05. The highest BCUT2D eigenvalue weighted by atomic mass is 16.1. The number of hydrogen-bond donors (Lipinski definition) is 0. The molecular weight excluding hydrogens is 184 g/mol. The third-order valence-electron chi connectivity index (χ3n) is 2.98.